The topological polar surface area (TPSA) is 39.1 Å². The molecule has 0 saturated heterocycles. The molecule has 0 spiro atoms. The third-order valence-corrected chi connectivity index (χ3v) is 5.04. The minimum Gasteiger partial charge on any atom is -0.303 e. The van der Waals surface area contributed by atoms with Crippen LogP contribution < -0.4 is 5.32 Å². The quantitative estimate of drug-likeness (QED) is 0.597. The summed E-state index contributed by atoms with van der Waals surface area (Å²) >= 11 is 0. The maximum atomic E-state index is 9.55. The average Bonchev–Trinajstić information content (AvgIpc) is 3.39. The Morgan fingerprint density at radius 2 is 1.76 bits per heavy atom. The summed E-state index contributed by atoms with van der Waals surface area (Å²) in [6.07, 6.45) is 9.91. The molecule has 2 aliphatic rings. The fourth-order valence-corrected chi connectivity index (χ4v) is 3.12. The third-order valence-electron chi connectivity index (χ3n) is 5.04. The van der Waals surface area contributed by atoms with Gasteiger partial charge >= 0.3 is 0 Å². The zero-order valence-corrected chi connectivity index (χ0v) is 14.0. The molecule has 0 aliphatic heterocycles. The predicted octanol–water partition coefficient (Wildman–Crippen LogP) is 3.56. The van der Waals surface area contributed by atoms with Crippen LogP contribution in [0, 0.1) is 23.2 Å². The summed E-state index contributed by atoms with van der Waals surface area (Å²) in [5, 5.41) is 13.0. The van der Waals surface area contributed by atoms with Crippen molar-refractivity contribution in [1.82, 2.24) is 10.2 Å². The predicted molar refractivity (Wildman–Crippen MR) is 88.1 cm³/mol. The number of rotatable bonds is 12. The van der Waals surface area contributed by atoms with Crippen LogP contribution in [0.2, 0.25) is 0 Å². The molecule has 21 heavy (non-hydrogen) atoms. The molecule has 0 amide bonds. The molecule has 1 N–H and O–H groups in total. The summed E-state index contributed by atoms with van der Waals surface area (Å²) in [6, 6.07) is 2.55. The van der Waals surface area contributed by atoms with E-state index < -0.39 is 0 Å². The highest BCUT2D eigenvalue weighted by atomic mass is 15.1. The van der Waals surface area contributed by atoms with E-state index in [0.717, 1.165) is 44.1 Å². The molecule has 0 radical (unpaired) electrons. The first-order chi connectivity index (χ1) is 10.2. The van der Waals surface area contributed by atoms with Gasteiger partial charge in [0.2, 0.25) is 0 Å². The highest BCUT2D eigenvalue weighted by molar-refractivity contribution is 5.06. The second kappa shape index (κ2) is 8.15. The first-order valence-electron chi connectivity index (χ1n) is 9.10. The van der Waals surface area contributed by atoms with E-state index in [4.69, 9.17) is 0 Å². The van der Waals surface area contributed by atoms with Crippen LogP contribution in [-0.4, -0.2) is 36.6 Å². The molecule has 0 aromatic carbocycles. The molecule has 0 aromatic rings. The van der Waals surface area contributed by atoms with E-state index in [2.05, 4.69) is 30.1 Å². The van der Waals surface area contributed by atoms with Gasteiger partial charge in [0, 0.05) is 13.1 Å². The Morgan fingerprint density at radius 3 is 2.19 bits per heavy atom. The smallest absolute Gasteiger partial charge is 0.106 e. The number of nitrogens with zero attached hydrogens (tertiary/aromatic N) is 2. The number of hydrogen-bond acceptors (Lipinski definition) is 3. The molecule has 120 valence electrons. The lowest BCUT2D eigenvalue weighted by Crippen LogP contribution is -2.44. The Morgan fingerprint density at radius 1 is 1.14 bits per heavy atom. The minimum absolute atomic E-state index is 0.291. The van der Waals surface area contributed by atoms with Crippen LogP contribution in [0.1, 0.15) is 65.2 Å². The van der Waals surface area contributed by atoms with Crippen molar-refractivity contribution in [3.8, 4) is 6.07 Å². The molecule has 2 aliphatic carbocycles. The Hall–Kier alpha value is -0.590. The van der Waals surface area contributed by atoms with Gasteiger partial charge in [-0.25, -0.2) is 0 Å². The highest BCUT2D eigenvalue weighted by Gasteiger charge is 2.30. The molecule has 2 saturated carbocycles. The first-order valence-corrected chi connectivity index (χ1v) is 9.10. The van der Waals surface area contributed by atoms with Crippen molar-refractivity contribution >= 4 is 0 Å². The lowest BCUT2D eigenvalue weighted by atomic mass is 9.91. The van der Waals surface area contributed by atoms with Crippen molar-refractivity contribution in [1.29, 1.82) is 5.26 Å². The lowest BCUT2D eigenvalue weighted by molar-refractivity contribution is 0.235. The van der Waals surface area contributed by atoms with Gasteiger partial charge in [0.1, 0.15) is 5.54 Å². The van der Waals surface area contributed by atoms with Gasteiger partial charge in [0.15, 0.2) is 0 Å². The summed E-state index contributed by atoms with van der Waals surface area (Å²) < 4.78 is 0. The molecule has 0 aromatic heterocycles. The monoisotopic (exact) mass is 291 g/mol. The second-order valence-electron chi connectivity index (χ2n) is 7.22. The van der Waals surface area contributed by atoms with Gasteiger partial charge in [-0.15, -0.1) is 0 Å². The Labute approximate surface area is 131 Å². The summed E-state index contributed by atoms with van der Waals surface area (Å²) in [6.45, 7) is 9.06. The Kier molecular flexibility index (Phi) is 6.51. The molecule has 0 bridgehead atoms. The van der Waals surface area contributed by atoms with E-state index in [-0.39, 0.29) is 5.54 Å². The fourth-order valence-electron chi connectivity index (χ4n) is 3.12. The van der Waals surface area contributed by atoms with Gasteiger partial charge in [-0.1, -0.05) is 13.8 Å². The Bertz CT molecular complexity index is 327. The second-order valence-corrected chi connectivity index (χ2v) is 7.22. The normalized spacial score (nSPS) is 21.2. The highest BCUT2D eigenvalue weighted by Crippen LogP contribution is 2.34. The van der Waals surface area contributed by atoms with E-state index in [1.165, 1.54) is 45.3 Å². The van der Waals surface area contributed by atoms with Crippen LogP contribution in [0.25, 0.3) is 0 Å². The van der Waals surface area contributed by atoms with Gasteiger partial charge in [0.25, 0.3) is 0 Å². The van der Waals surface area contributed by atoms with E-state index in [9.17, 15) is 5.26 Å². The minimum atomic E-state index is -0.291. The summed E-state index contributed by atoms with van der Waals surface area (Å²) in [4.78, 5) is 2.69. The third kappa shape index (κ3) is 5.96. The lowest BCUT2D eigenvalue weighted by Gasteiger charge is -2.28. The van der Waals surface area contributed by atoms with Crippen molar-refractivity contribution < 1.29 is 0 Å². The average molecular weight is 291 g/mol. The molecule has 3 heteroatoms. The van der Waals surface area contributed by atoms with Crippen LogP contribution in [0.5, 0.6) is 0 Å². The van der Waals surface area contributed by atoms with Crippen LogP contribution >= 0.6 is 0 Å². The maximum absolute atomic E-state index is 9.55. The molecule has 1 atom stereocenters. The SMILES string of the molecule is CCCNC(C#N)(CC)CCCN(CC1CC1)CC1CC1. The standard InChI is InChI=1S/C18H33N3/c1-3-11-20-18(4-2,15-19)10-5-12-21(13-16-6-7-16)14-17-8-9-17/h16-17,20H,3-14H2,1-2H3. The molecule has 2 fully saturated rings. The zero-order chi connectivity index (χ0) is 15.1. The van der Waals surface area contributed by atoms with E-state index in [1.54, 1.807) is 0 Å². The molecule has 2 rings (SSSR count). The van der Waals surface area contributed by atoms with Gasteiger partial charge in [-0.3, -0.25) is 5.32 Å². The Balaban J connectivity index is 1.73. The maximum Gasteiger partial charge on any atom is 0.106 e. The van der Waals surface area contributed by atoms with Gasteiger partial charge in [-0.2, -0.15) is 5.26 Å². The molecular weight excluding hydrogens is 258 g/mol. The van der Waals surface area contributed by atoms with Crippen molar-refractivity contribution in [2.75, 3.05) is 26.2 Å². The van der Waals surface area contributed by atoms with E-state index >= 15 is 0 Å². The summed E-state index contributed by atoms with van der Waals surface area (Å²) in [7, 11) is 0. The zero-order valence-electron chi connectivity index (χ0n) is 14.0. The molecular formula is C18H33N3. The molecule has 0 heterocycles. The number of hydrogen-bond donors (Lipinski definition) is 1. The fraction of sp³-hybridized carbons (Fsp3) is 0.944. The summed E-state index contributed by atoms with van der Waals surface area (Å²) in [5.74, 6) is 1.96. The van der Waals surface area contributed by atoms with Crippen LogP contribution in [0.4, 0.5) is 0 Å². The molecule has 1 unspecified atom stereocenters. The van der Waals surface area contributed by atoms with E-state index in [0.29, 0.717) is 0 Å². The van der Waals surface area contributed by atoms with E-state index in [1.807, 2.05) is 0 Å². The van der Waals surface area contributed by atoms with Crippen molar-refractivity contribution in [3.63, 3.8) is 0 Å². The van der Waals surface area contributed by atoms with Crippen molar-refractivity contribution in [3.05, 3.63) is 0 Å². The largest absolute Gasteiger partial charge is 0.303 e. The van der Waals surface area contributed by atoms with Crippen LogP contribution in [0.15, 0.2) is 0 Å². The van der Waals surface area contributed by atoms with Gasteiger partial charge in [0.05, 0.1) is 6.07 Å². The van der Waals surface area contributed by atoms with Crippen molar-refractivity contribution in [2.24, 2.45) is 11.8 Å². The number of nitrogens with one attached hydrogen (secondary N) is 1. The summed E-state index contributed by atoms with van der Waals surface area (Å²) in [5.41, 5.74) is -0.291. The van der Waals surface area contributed by atoms with Gasteiger partial charge < -0.3 is 4.90 Å². The first kappa shape index (κ1) is 16.8. The molecule has 3 nitrogen and oxygen atoms in total. The van der Waals surface area contributed by atoms with Crippen molar-refractivity contribution in [2.45, 2.75) is 70.8 Å². The van der Waals surface area contributed by atoms with Crippen LogP contribution in [-0.2, 0) is 0 Å². The van der Waals surface area contributed by atoms with Gasteiger partial charge in [-0.05, 0) is 76.3 Å². The van der Waals surface area contributed by atoms with Crippen LogP contribution in [0.3, 0.4) is 0 Å². The number of nitriles is 1.